The van der Waals surface area contributed by atoms with Crippen LogP contribution >= 0.6 is 0 Å². The first kappa shape index (κ1) is 19.7. The average Bonchev–Trinajstić information content (AvgIpc) is 2.54. The van der Waals surface area contributed by atoms with Crippen LogP contribution in [0.15, 0.2) is 24.3 Å². The number of amides is 1. The van der Waals surface area contributed by atoms with Crippen LogP contribution in [0, 0.1) is 5.92 Å². The highest BCUT2D eigenvalue weighted by atomic mass is 32.2. The molecule has 1 aromatic carbocycles. The van der Waals surface area contributed by atoms with Crippen LogP contribution in [-0.2, 0) is 21.4 Å². The summed E-state index contributed by atoms with van der Waals surface area (Å²) in [5.74, 6) is 0.577. The highest BCUT2D eigenvalue weighted by Gasteiger charge is 2.31. The number of benzene rings is 1. The number of rotatable bonds is 6. The molecule has 0 aromatic heterocycles. The van der Waals surface area contributed by atoms with Crippen molar-refractivity contribution in [1.82, 2.24) is 9.62 Å². The van der Waals surface area contributed by atoms with E-state index in [4.69, 9.17) is 9.88 Å². The molecule has 1 saturated heterocycles. The summed E-state index contributed by atoms with van der Waals surface area (Å²) in [6.45, 7) is 4.54. The van der Waals surface area contributed by atoms with Gasteiger partial charge in [0.1, 0.15) is 5.75 Å². The Morgan fingerprint density at radius 1 is 1.28 bits per heavy atom. The van der Waals surface area contributed by atoms with Crippen molar-refractivity contribution in [2.75, 3.05) is 20.2 Å². The van der Waals surface area contributed by atoms with Crippen LogP contribution in [0.5, 0.6) is 5.75 Å². The van der Waals surface area contributed by atoms with Crippen molar-refractivity contribution < 1.29 is 17.9 Å². The normalized spacial score (nSPS) is 17.3. The number of nitrogens with one attached hydrogen (secondary N) is 1. The lowest BCUT2D eigenvalue weighted by Crippen LogP contribution is -2.50. The second kappa shape index (κ2) is 7.72. The number of nitrogens with zero attached hydrogens (tertiary/aromatic N) is 1. The fourth-order valence-corrected chi connectivity index (χ4v) is 3.83. The summed E-state index contributed by atoms with van der Waals surface area (Å²) in [6, 6.07) is 7.76. The van der Waals surface area contributed by atoms with Gasteiger partial charge in [-0.05, 0) is 50.8 Å². The molecule has 3 N–H and O–H groups in total. The highest BCUT2D eigenvalue weighted by molar-refractivity contribution is 7.86. The topological polar surface area (TPSA) is 102 Å². The predicted octanol–water partition coefficient (Wildman–Crippen LogP) is 1.05. The van der Waals surface area contributed by atoms with Crippen LogP contribution in [0.4, 0.5) is 0 Å². The fourth-order valence-electron chi connectivity index (χ4n) is 3.11. The van der Waals surface area contributed by atoms with Gasteiger partial charge in [0.05, 0.1) is 7.11 Å². The minimum Gasteiger partial charge on any atom is -0.497 e. The molecular formula is C17H27N3O4S. The molecule has 0 radical (unpaired) electrons. The summed E-state index contributed by atoms with van der Waals surface area (Å²) in [7, 11) is -2.04. The smallest absolute Gasteiger partial charge is 0.276 e. The standard InChI is InChI=1S/C17H27N3O4S/c1-17(2,12-13-4-6-15(24-3)7-5-13)19-16(21)14-8-10-20(11-9-14)25(18,22)23/h4-7,14H,8-12H2,1-3H3,(H,19,21)(H2,18,22,23). The van der Waals surface area contributed by atoms with Crippen LogP contribution in [0.3, 0.4) is 0 Å². The van der Waals surface area contributed by atoms with Crippen LogP contribution in [0.25, 0.3) is 0 Å². The summed E-state index contributed by atoms with van der Waals surface area (Å²) in [5, 5.41) is 8.22. The molecule has 0 unspecified atom stereocenters. The largest absolute Gasteiger partial charge is 0.497 e. The maximum absolute atomic E-state index is 12.5. The van der Waals surface area contributed by atoms with E-state index in [1.807, 2.05) is 38.1 Å². The summed E-state index contributed by atoms with van der Waals surface area (Å²) < 4.78 is 29.0. The first-order chi connectivity index (χ1) is 11.6. The molecule has 7 nitrogen and oxygen atoms in total. The van der Waals surface area contributed by atoms with Crippen LogP contribution in [0.1, 0.15) is 32.3 Å². The first-order valence-corrected chi connectivity index (χ1v) is 9.84. The van der Waals surface area contributed by atoms with E-state index in [-0.39, 0.29) is 24.9 Å². The molecule has 0 bridgehead atoms. The molecule has 1 aliphatic heterocycles. The zero-order chi connectivity index (χ0) is 18.7. The molecule has 0 aliphatic carbocycles. The van der Waals surface area contributed by atoms with Gasteiger partial charge in [0.15, 0.2) is 0 Å². The Morgan fingerprint density at radius 2 is 1.84 bits per heavy atom. The van der Waals surface area contributed by atoms with E-state index < -0.39 is 15.7 Å². The number of hydrogen-bond acceptors (Lipinski definition) is 4. The van der Waals surface area contributed by atoms with Crippen molar-refractivity contribution in [3.8, 4) is 5.75 Å². The minimum atomic E-state index is -3.67. The summed E-state index contributed by atoms with van der Waals surface area (Å²) >= 11 is 0. The third-order valence-corrected chi connectivity index (χ3v) is 5.54. The maximum Gasteiger partial charge on any atom is 0.276 e. The molecule has 1 aromatic rings. The molecule has 140 valence electrons. The predicted molar refractivity (Wildman–Crippen MR) is 96.3 cm³/mol. The number of methoxy groups -OCH3 is 1. The van der Waals surface area contributed by atoms with Gasteiger partial charge in [-0.1, -0.05) is 12.1 Å². The van der Waals surface area contributed by atoms with Gasteiger partial charge in [0.25, 0.3) is 10.2 Å². The third kappa shape index (κ3) is 5.69. The third-order valence-electron chi connectivity index (χ3n) is 4.45. The Kier molecular flexibility index (Phi) is 6.08. The Balaban J connectivity index is 1.90. The summed E-state index contributed by atoms with van der Waals surface area (Å²) in [5.41, 5.74) is 0.707. The van der Waals surface area contributed by atoms with Crippen molar-refractivity contribution in [1.29, 1.82) is 0 Å². The van der Waals surface area contributed by atoms with E-state index in [1.54, 1.807) is 7.11 Å². The zero-order valence-corrected chi connectivity index (χ0v) is 15.8. The quantitative estimate of drug-likeness (QED) is 0.782. The molecule has 8 heteroatoms. The molecule has 1 aliphatic rings. The summed E-state index contributed by atoms with van der Waals surface area (Å²) in [6.07, 6.45) is 1.67. The summed E-state index contributed by atoms with van der Waals surface area (Å²) in [4.78, 5) is 12.5. The minimum absolute atomic E-state index is 0.0346. The van der Waals surface area contributed by atoms with Crippen LogP contribution < -0.4 is 15.2 Å². The van der Waals surface area contributed by atoms with E-state index in [0.29, 0.717) is 19.3 Å². The number of carbonyl (C=O) groups excluding carboxylic acids is 1. The van der Waals surface area contributed by atoms with Gasteiger partial charge in [-0.3, -0.25) is 4.79 Å². The van der Waals surface area contributed by atoms with E-state index in [2.05, 4.69) is 5.32 Å². The molecule has 0 atom stereocenters. The van der Waals surface area contributed by atoms with E-state index in [9.17, 15) is 13.2 Å². The van der Waals surface area contributed by atoms with E-state index in [0.717, 1.165) is 11.3 Å². The van der Waals surface area contributed by atoms with E-state index >= 15 is 0 Å². The second-order valence-corrected chi connectivity index (χ2v) is 8.66. The van der Waals surface area contributed by atoms with Gasteiger partial charge in [-0.2, -0.15) is 12.7 Å². The molecule has 1 heterocycles. The average molecular weight is 369 g/mol. The number of piperidine rings is 1. The van der Waals surface area contributed by atoms with Gasteiger partial charge < -0.3 is 10.1 Å². The lowest BCUT2D eigenvalue weighted by molar-refractivity contribution is -0.127. The molecule has 1 fully saturated rings. The maximum atomic E-state index is 12.5. The second-order valence-electron chi connectivity index (χ2n) is 7.12. The molecule has 1 amide bonds. The fraction of sp³-hybridized carbons (Fsp3) is 0.588. The first-order valence-electron chi connectivity index (χ1n) is 8.33. The highest BCUT2D eigenvalue weighted by Crippen LogP contribution is 2.21. The van der Waals surface area contributed by atoms with Gasteiger partial charge in [-0.15, -0.1) is 0 Å². The monoisotopic (exact) mass is 369 g/mol. The van der Waals surface area contributed by atoms with Crippen molar-refractivity contribution in [2.45, 2.75) is 38.6 Å². The Labute approximate surface area is 149 Å². The van der Waals surface area contributed by atoms with Gasteiger partial charge >= 0.3 is 0 Å². The molecule has 0 spiro atoms. The molecule has 0 saturated carbocycles. The Morgan fingerprint density at radius 3 is 2.32 bits per heavy atom. The van der Waals surface area contributed by atoms with Gasteiger partial charge in [0.2, 0.25) is 5.91 Å². The van der Waals surface area contributed by atoms with Crippen LogP contribution in [0.2, 0.25) is 0 Å². The molecule has 25 heavy (non-hydrogen) atoms. The zero-order valence-electron chi connectivity index (χ0n) is 15.0. The molecular weight excluding hydrogens is 342 g/mol. The lowest BCUT2D eigenvalue weighted by Gasteiger charge is -2.33. The Bertz CT molecular complexity index is 693. The van der Waals surface area contributed by atoms with Crippen molar-refractivity contribution in [3.63, 3.8) is 0 Å². The van der Waals surface area contributed by atoms with Gasteiger partial charge in [0, 0.05) is 24.5 Å². The van der Waals surface area contributed by atoms with E-state index in [1.165, 1.54) is 4.31 Å². The van der Waals surface area contributed by atoms with Crippen molar-refractivity contribution >= 4 is 16.1 Å². The number of nitrogens with two attached hydrogens (primary N) is 1. The number of carbonyl (C=O) groups is 1. The van der Waals surface area contributed by atoms with Crippen molar-refractivity contribution in [2.24, 2.45) is 11.1 Å². The Hall–Kier alpha value is -1.64. The molecule has 2 rings (SSSR count). The number of hydrogen-bond donors (Lipinski definition) is 2. The SMILES string of the molecule is COc1ccc(CC(C)(C)NC(=O)C2CCN(S(N)(=O)=O)CC2)cc1. The lowest BCUT2D eigenvalue weighted by atomic mass is 9.91. The number of ether oxygens (including phenoxy) is 1. The van der Waals surface area contributed by atoms with Crippen molar-refractivity contribution in [3.05, 3.63) is 29.8 Å². The van der Waals surface area contributed by atoms with Gasteiger partial charge in [-0.25, -0.2) is 5.14 Å². The van der Waals surface area contributed by atoms with Crippen LogP contribution in [-0.4, -0.2) is 44.4 Å².